The summed E-state index contributed by atoms with van der Waals surface area (Å²) in [6.45, 7) is 0.688. The molecule has 0 fully saturated rings. The van der Waals surface area contributed by atoms with Crippen LogP contribution in [-0.2, 0) is 13.1 Å². The Morgan fingerprint density at radius 3 is 2.71 bits per heavy atom. The van der Waals surface area contributed by atoms with Gasteiger partial charge in [-0.3, -0.25) is 9.36 Å². The van der Waals surface area contributed by atoms with Gasteiger partial charge >= 0.3 is 0 Å². The summed E-state index contributed by atoms with van der Waals surface area (Å²) in [5, 5.41) is 14.1. The van der Waals surface area contributed by atoms with Crippen molar-refractivity contribution >= 4 is 22.6 Å². The molecule has 0 bridgehead atoms. The molecule has 108 valence electrons. The van der Waals surface area contributed by atoms with Crippen molar-refractivity contribution in [3.8, 4) is 0 Å². The number of benzene rings is 1. The van der Waals surface area contributed by atoms with Gasteiger partial charge in [-0.15, -0.1) is 0 Å². The lowest BCUT2D eigenvalue weighted by Crippen LogP contribution is -2.21. The second-order valence-corrected chi connectivity index (χ2v) is 5.07. The minimum atomic E-state index is -0.154. The maximum absolute atomic E-state index is 12.4. The smallest absolute Gasteiger partial charge is 0.264 e. The third-order valence-corrected chi connectivity index (χ3v) is 3.45. The average Bonchev–Trinajstić information content (AvgIpc) is 2.89. The predicted octanol–water partition coefficient (Wildman–Crippen LogP) is 1.29. The zero-order valence-electron chi connectivity index (χ0n) is 11.1. The third-order valence-electron chi connectivity index (χ3n) is 3.20. The lowest BCUT2D eigenvalue weighted by atomic mass is 10.2. The molecule has 0 spiro atoms. The molecule has 7 heteroatoms. The summed E-state index contributed by atoms with van der Waals surface area (Å²) in [6, 6.07) is 7.31. The number of nitrogens with zero attached hydrogens (tertiary/aromatic N) is 4. The Morgan fingerprint density at radius 1 is 1.24 bits per heavy atom. The van der Waals surface area contributed by atoms with Crippen molar-refractivity contribution in [2.24, 2.45) is 0 Å². The van der Waals surface area contributed by atoms with E-state index in [1.54, 1.807) is 12.1 Å². The van der Waals surface area contributed by atoms with E-state index >= 15 is 0 Å². The van der Waals surface area contributed by atoms with Crippen LogP contribution in [0.25, 0.3) is 11.0 Å². The van der Waals surface area contributed by atoms with E-state index in [0.29, 0.717) is 29.1 Å². The molecule has 0 amide bonds. The van der Waals surface area contributed by atoms with Crippen molar-refractivity contribution in [2.75, 3.05) is 6.61 Å². The zero-order chi connectivity index (χ0) is 14.8. The number of hydrogen-bond donors (Lipinski definition) is 1. The molecule has 0 atom stereocenters. The van der Waals surface area contributed by atoms with Gasteiger partial charge in [-0.05, 0) is 17.7 Å². The van der Waals surface area contributed by atoms with Crippen LogP contribution >= 0.6 is 11.6 Å². The monoisotopic (exact) mass is 304 g/mol. The van der Waals surface area contributed by atoms with Gasteiger partial charge in [0.2, 0.25) is 0 Å². The van der Waals surface area contributed by atoms with E-state index in [2.05, 4.69) is 10.1 Å². The quantitative estimate of drug-likeness (QED) is 0.788. The zero-order valence-corrected chi connectivity index (χ0v) is 11.9. The molecular formula is C14H13ClN4O2. The molecule has 0 saturated carbocycles. The van der Waals surface area contributed by atoms with Crippen LogP contribution in [0.5, 0.6) is 0 Å². The maximum Gasteiger partial charge on any atom is 0.264 e. The van der Waals surface area contributed by atoms with Gasteiger partial charge in [0.05, 0.1) is 25.9 Å². The Morgan fingerprint density at radius 2 is 2.00 bits per heavy atom. The van der Waals surface area contributed by atoms with Crippen LogP contribution < -0.4 is 5.56 Å². The van der Waals surface area contributed by atoms with Gasteiger partial charge in [-0.2, -0.15) is 5.10 Å². The van der Waals surface area contributed by atoms with E-state index in [4.69, 9.17) is 16.7 Å². The van der Waals surface area contributed by atoms with E-state index in [1.807, 2.05) is 12.1 Å². The van der Waals surface area contributed by atoms with Gasteiger partial charge in [-0.1, -0.05) is 23.7 Å². The molecular weight excluding hydrogens is 292 g/mol. The van der Waals surface area contributed by atoms with E-state index in [0.717, 1.165) is 5.56 Å². The largest absolute Gasteiger partial charge is 0.394 e. The highest BCUT2D eigenvalue weighted by atomic mass is 35.5. The van der Waals surface area contributed by atoms with E-state index in [9.17, 15) is 4.79 Å². The Kier molecular flexibility index (Phi) is 3.72. The molecule has 3 aromatic rings. The van der Waals surface area contributed by atoms with E-state index < -0.39 is 0 Å². The summed E-state index contributed by atoms with van der Waals surface area (Å²) in [4.78, 5) is 16.7. The molecule has 0 saturated heterocycles. The number of hydrogen-bond acceptors (Lipinski definition) is 4. The number of rotatable bonds is 4. The summed E-state index contributed by atoms with van der Waals surface area (Å²) >= 11 is 5.84. The average molecular weight is 305 g/mol. The van der Waals surface area contributed by atoms with Crippen molar-refractivity contribution in [3.63, 3.8) is 0 Å². The van der Waals surface area contributed by atoms with Crippen LogP contribution in [0.2, 0.25) is 5.02 Å². The summed E-state index contributed by atoms with van der Waals surface area (Å²) in [6.07, 6.45) is 2.98. The topological polar surface area (TPSA) is 72.9 Å². The highest BCUT2D eigenvalue weighted by Crippen LogP contribution is 2.11. The molecule has 2 aromatic heterocycles. The molecule has 21 heavy (non-hydrogen) atoms. The van der Waals surface area contributed by atoms with Gasteiger partial charge in [0.25, 0.3) is 5.56 Å². The van der Waals surface area contributed by atoms with Crippen molar-refractivity contribution in [2.45, 2.75) is 13.1 Å². The molecule has 1 aromatic carbocycles. The van der Waals surface area contributed by atoms with Crippen molar-refractivity contribution in [3.05, 3.63) is 57.7 Å². The van der Waals surface area contributed by atoms with E-state index in [-0.39, 0.29) is 12.2 Å². The first-order valence-corrected chi connectivity index (χ1v) is 6.83. The van der Waals surface area contributed by atoms with Crippen molar-refractivity contribution in [1.82, 2.24) is 19.3 Å². The summed E-state index contributed by atoms with van der Waals surface area (Å²) in [5.41, 5.74) is 1.30. The lowest BCUT2D eigenvalue weighted by molar-refractivity contribution is 0.271. The van der Waals surface area contributed by atoms with Gasteiger partial charge in [0.1, 0.15) is 11.7 Å². The third kappa shape index (κ3) is 2.68. The summed E-state index contributed by atoms with van der Waals surface area (Å²) in [5.74, 6) is 0. The van der Waals surface area contributed by atoms with Crippen molar-refractivity contribution < 1.29 is 5.11 Å². The highest BCUT2D eigenvalue weighted by Gasteiger charge is 2.10. The molecule has 0 unspecified atom stereocenters. The van der Waals surface area contributed by atoms with Gasteiger partial charge < -0.3 is 5.11 Å². The van der Waals surface area contributed by atoms with Crippen LogP contribution in [0, 0.1) is 0 Å². The fourth-order valence-corrected chi connectivity index (χ4v) is 2.28. The molecule has 0 radical (unpaired) electrons. The summed E-state index contributed by atoms with van der Waals surface area (Å²) < 4.78 is 3.04. The Bertz CT molecular complexity index is 823. The van der Waals surface area contributed by atoms with Gasteiger partial charge in [0.15, 0.2) is 5.65 Å². The normalized spacial score (nSPS) is 11.1. The number of aliphatic hydroxyl groups is 1. The molecule has 0 aliphatic rings. The second kappa shape index (κ2) is 5.67. The molecule has 1 N–H and O–H groups in total. The fourth-order valence-electron chi connectivity index (χ4n) is 2.15. The maximum atomic E-state index is 12.4. The number of aliphatic hydroxyl groups excluding tert-OH is 1. The highest BCUT2D eigenvalue weighted by molar-refractivity contribution is 6.30. The first-order valence-electron chi connectivity index (χ1n) is 6.45. The molecule has 0 aliphatic heterocycles. The molecule has 6 nitrogen and oxygen atoms in total. The molecule has 3 rings (SSSR count). The predicted molar refractivity (Wildman–Crippen MR) is 79.4 cm³/mol. The Labute approximate surface area is 125 Å². The standard InChI is InChI=1S/C14H13ClN4O2/c15-11-3-1-10(2-4-11)8-18-9-16-13-12(14(18)21)7-17-19(13)5-6-20/h1-4,7,9,20H,5-6,8H2. The van der Waals surface area contributed by atoms with Crippen LogP contribution in [0.1, 0.15) is 5.56 Å². The van der Waals surface area contributed by atoms with Crippen molar-refractivity contribution in [1.29, 1.82) is 0 Å². The van der Waals surface area contributed by atoms with Crippen LogP contribution in [0.3, 0.4) is 0 Å². The first kappa shape index (κ1) is 13.8. The minimum absolute atomic E-state index is 0.0493. The van der Waals surface area contributed by atoms with Crippen LogP contribution in [0.15, 0.2) is 41.6 Å². The van der Waals surface area contributed by atoms with Gasteiger partial charge in [0, 0.05) is 5.02 Å². The number of fused-ring (bicyclic) bond motifs is 1. The van der Waals surface area contributed by atoms with Gasteiger partial charge in [-0.25, -0.2) is 9.67 Å². The SMILES string of the molecule is O=c1c2cnn(CCO)c2ncn1Cc1ccc(Cl)cc1. The second-order valence-electron chi connectivity index (χ2n) is 4.63. The minimum Gasteiger partial charge on any atom is -0.394 e. The number of halogens is 1. The van der Waals surface area contributed by atoms with Crippen LogP contribution in [0.4, 0.5) is 0 Å². The summed E-state index contributed by atoms with van der Waals surface area (Å²) in [7, 11) is 0. The first-order chi connectivity index (χ1) is 10.2. The fraction of sp³-hybridized carbons (Fsp3) is 0.214. The molecule has 0 aliphatic carbocycles. The van der Waals surface area contributed by atoms with E-state index in [1.165, 1.54) is 21.8 Å². The van der Waals surface area contributed by atoms with Crippen LogP contribution in [-0.4, -0.2) is 31.0 Å². The lowest BCUT2D eigenvalue weighted by Gasteiger charge is -2.06. The Balaban J connectivity index is 1.98. The number of aromatic nitrogens is 4. The molecule has 2 heterocycles. The Hall–Kier alpha value is -2.18.